The van der Waals surface area contributed by atoms with Gasteiger partial charge in [0.05, 0.1) is 44.7 Å². The van der Waals surface area contributed by atoms with Crippen LogP contribution in [0.4, 0.5) is 16.3 Å². The fraction of sp³-hybridized carbons (Fsp3) is 0.456. The lowest BCUT2D eigenvalue weighted by molar-refractivity contribution is -0.144. The molecule has 0 saturated carbocycles. The first-order chi connectivity index (χ1) is 36.9. The number of hydrogen-bond donors (Lipinski definition) is 5. The average Bonchev–Trinajstić information content (AvgIpc) is 4.31. The SMILES string of the molecule is Cc1ncsc1-c1ccc(CNC(=O)[C@@H]2C[C@@H](O)CN2C(=O)[C@@H](NC(=O)COCCCCCOCCCCCOc2ccc3c(c2)sc2nc(-c4ccc(NC(=O)Nc5cc(C(C)(C)C)on5)cc4)cn23)C(C)(C)C)cc1. The van der Waals surface area contributed by atoms with E-state index in [0.717, 1.165) is 92.4 Å². The maximum absolute atomic E-state index is 14.0. The normalized spacial score (nSPS) is 15.2. The summed E-state index contributed by atoms with van der Waals surface area (Å²) in [6.45, 7) is 16.0. The Kier molecular flexibility index (Phi) is 18.8. The molecule has 8 rings (SSSR count). The fourth-order valence-electron chi connectivity index (χ4n) is 8.91. The van der Waals surface area contributed by atoms with Crippen LogP contribution in [0.25, 0.3) is 36.9 Å². The number of unbranched alkanes of at least 4 members (excludes halogenated alkanes) is 4. The van der Waals surface area contributed by atoms with Crippen LogP contribution in [-0.2, 0) is 35.8 Å². The van der Waals surface area contributed by atoms with E-state index < -0.39 is 41.4 Å². The van der Waals surface area contributed by atoms with Gasteiger partial charge < -0.3 is 44.7 Å². The molecule has 7 aromatic rings. The molecule has 4 aromatic heterocycles. The minimum absolute atomic E-state index is 0.00290. The molecule has 5 amide bonds. The molecule has 0 unspecified atom stereocenters. The van der Waals surface area contributed by atoms with Gasteiger partial charge in [0.2, 0.25) is 17.7 Å². The lowest BCUT2D eigenvalue weighted by Gasteiger charge is -2.35. The van der Waals surface area contributed by atoms with Gasteiger partial charge in [0.25, 0.3) is 0 Å². The van der Waals surface area contributed by atoms with Crippen molar-refractivity contribution >= 4 is 73.1 Å². The maximum Gasteiger partial charge on any atom is 0.324 e. The molecule has 0 bridgehead atoms. The number of carbonyl (C=O) groups excluding carboxylic acids is 4. The second-order valence-electron chi connectivity index (χ2n) is 21.6. The third-order valence-corrected chi connectivity index (χ3v) is 15.2. The topological polar surface area (TPSA) is 224 Å². The molecule has 5 heterocycles. The molecule has 18 nitrogen and oxygen atoms in total. The van der Waals surface area contributed by atoms with Crippen LogP contribution in [0.3, 0.4) is 0 Å². The van der Waals surface area contributed by atoms with E-state index >= 15 is 0 Å². The van der Waals surface area contributed by atoms with Gasteiger partial charge in [-0.15, -0.1) is 11.3 Å². The van der Waals surface area contributed by atoms with Gasteiger partial charge in [0.1, 0.15) is 30.2 Å². The summed E-state index contributed by atoms with van der Waals surface area (Å²) >= 11 is 3.18. The molecule has 0 radical (unpaired) electrons. The quantitative estimate of drug-likeness (QED) is 0.0357. The molecule has 1 aliphatic heterocycles. The number of fused-ring (bicyclic) bond motifs is 3. The van der Waals surface area contributed by atoms with Crippen molar-refractivity contribution in [1.82, 2.24) is 35.1 Å². The summed E-state index contributed by atoms with van der Waals surface area (Å²) in [6.07, 6.45) is 6.66. The van der Waals surface area contributed by atoms with Crippen LogP contribution in [0, 0.1) is 12.3 Å². The molecule has 1 aliphatic rings. The second kappa shape index (κ2) is 25.6. The Bertz CT molecular complexity index is 3100. The van der Waals surface area contributed by atoms with E-state index in [9.17, 15) is 24.3 Å². The predicted molar refractivity (Wildman–Crippen MR) is 300 cm³/mol. The molecule has 410 valence electrons. The summed E-state index contributed by atoms with van der Waals surface area (Å²) in [5, 5.41) is 25.8. The number of ether oxygens (including phenoxy) is 3. The number of anilines is 2. The Labute approximate surface area is 457 Å². The van der Waals surface area contributed by atoms with Crippen LogP contribution in [0.5, 0.6) is 5.75 Å². The van der Waals surface area contributed by atoms with Crippen molar-refractivity contribution in [2.45, 2.75) is 124 Å². The van der Waals surface area contributed by atoms with Crippen LogP contribution < -0.4 is 26.0 Å². The van der Waals surface area contributed by atoms with Crippen molar-refractivity contribution in [2.75, 3.05) is 50.2 Å². The van der Waals surface area contributed by atoms with Crippen LogP contribution >= 0.6 is 22.7 Å². The summed E-state index contributed by atoms with van der Waals surface area (Å²) < 4.78 is 26.2. The van der Waals surface area contributed by atoms with E-state index in [4.69, 9.17) is 23.7 Å². The first kappa shape index (κ1) is 56.5. The highest BCUT2D eigenvalue weighted by molar-refractivity contribution is 7.23. The lowest BCUT2D eigenvalue weighted by Crippen LogP contribution is -2.58. The minimum Gasteiger partial charge on any atom is -0.494 e. The molecular weight excluding hydrogens is 1020 g/mol. The van der Waals surface area contributed by atoms with Crippen molar-refractivity contribution in [1.29, 1.82) is 0 Å². The maximum atomic E-state index is 14.0. The number of benzene rings is 3. The number of β-amino-alcohol motifs (C(OH)–C–C–N with tert-alkyl or cyclic N) is 1. The number of imidazole rings is 1. The van der Waals surface area contributed by atoms with E-state index in [1.807, 2.05) is 115 Å². The van der Waals surface area contributed by atoms with E-state index in [0.29, 0.717) is 43.7 Å². The monoisotopic (exact) mass is 1090 g/mol. The van der Waals surface area contributed by atoms with Gasteiger partial charge in [-0.2, -0.15) is 0 Å². The summed E-state index contributed by atoms with van der Waals surface area (Å²) in [5.74, 6) is 0.672. The lowest BCUT2D eigenvalue weighted by atomic mass is 9.85. The number of nitrogens with zero attached hydrogens (tertiary/aromatic N) is 5. The summed E-state index contributed by atoms with van der Waals surface area (Å²) in [5.41, 5.74) is 7.31. The third kappa shape index (κ3) is 15.3. The van der Waals surface area contributed by atoms with E-state index in [1.165, 1.54) is 4.90 Å². The van der Waals surface area contributed by atoms with Gasteiger partial charge in [-0.1, -0.05) is 94.4 Å². The van der Waals surface area contributed by atoms with Crippen LogP contribution in [0.1, 0.15) is 104 Å². The number of nitrogens with one attached hydrogen (secondary N) is 4. The molecule has 3 atom stereocenters. The molecule has 1 saturated heterocycles. The number of urea groups is 1. The number of rotatable bonds is 24. The van der Waals surface area contributed by atoms with Crippen molar-refractivity contribution in [3.05, 3.63) is 102 Å². The van der Waals surface area contributed by atoms with E-state index in [-0.39, 0.29) is 37.4 Å². The standard InChI is InChI=1S/C57H71N9O9S2/c1-36-50(76-35-59-36)39-16-14-37(15-17-39)31-58-52(69)45-28-41(67)32-65(45)53(70)51(57(5,6)7)63-49(68)34-73-26-12-8-10-24-72-25-11-9-13-27-74-42-22-23-44-46(29-42)77-55-61-43(33-66(44)55)38-18-20-40(21-19-38)60-54(71)62-48-30-47(75-64-48)56(2,3)4/h14-23,29-30,33,35,41,45,51,67H,8-13,24-28,31-32,34H2,1-7H3,(H,58,69)(H,63,68)(H2,60,62,64,71)/t41-,45+,51-/m1/s1. The Balaban J connectivity index is 0.661. The smallest absolute Gasteiger partial charge is 0.324 e. The Morgan fingerprint density at radius 2 is 1.55 bits per heavy atom. The molecule has 0 spiro atoms. The number of aryl methyl sites for hydroxylation is 1. The highest BCUT2D eigenvalue weighted by Gasteiger charge is 2.44. The molecule has 3 aromatic carbocycles. The summed E-state index contributed by atoms with van der Waals surface area (Å²) in [7, 11) is 0. The number of aliphatic hydroxyl groups is 1. The summed E-state index contributed by atoms with van der Waals surface area (Å²) in [4.78, 5) is 65.6. The number of hydrogen-bond acceptors (Lipinski definition) is 14. The van der Waals surface area contributed by atoms with Gasteiger partial charge >= 0.3 is 6.03 Å². The zero-order valence-electron chi connectivity index (χ0n) is 45.0. The van der Waals surface area contributed by atoms with Gasteiger partial charge in [-0.25, -0.2) is 14.8 Å². The van der Waals surface area contributed by atoms with E-state index in [1.54, 1.807) is 28.7 Å². The number of carbonyl (C=O) groups is 4. The van der Waals surface area contributed by atoms with Crippen LogP contribution in [-0.4, -0.2) is 111 Å². The third-order valence-electron chi connectivity index (χ3n) is 13.2. The fourth-order valence-corrected chi connectivity index (χ4v) is 10.8. The van der Waals surface area contributed by atoms with E-state index in [2.05, 4.69) is 47.9 Å². The molecule has 1 fully saturated rings. The van der Waals surface area contributed by atoms with Crippen molar-refractivity contribution in [2.24, 2.45) is 5.41 Å². The Morgan fingerprint density at radius 3 is 2.22 bits per heavy atom. The van der Waals surface area contributed by atoms with Gasteiger partial charge in [0, 0.05) is 68.3 Å². The first-order valence-electron chi connectivity index (χ1n) is 26.3. The number of aromatic nitrogens is 4. The molecular formula is C57H71N9O9S2. The number of amides is 5. The van der Waals surface area contributed by atoms with Gasteiger partial charge in [-0.3, -0.25) is 24.1 Å². The Morgan fingerprint density at radius 1 is 0.844 bits per heavy atom. The van der Waals surface area contributed by atoms with Crippen molar-refractivity contribution in [3.63, 3.8) is 0 Å². The van der Waals surface area contributed by atoms with Crippen molar-refractivity contribution in [3.8, 4) is 27.4 Å². The van der Waals surface area contributed by atoms with Gasteiger partial charge in [-0.05, 0) is 92.3 Å². The van der Waals surface area contributed by atoms with Crippen LogP contribution in [0.2, 0.25) is 0 Å². The zero-order chi connectivity index (χ0) is 54.7. The minimum atomic E-state index is -0.929. The number of aliphatic hydroxyl groups excluding tert-OH is 1. The average molecular weight is 1090 g/mol. The molecule has 77 heavy (non-hydrogen) atoms. The highest BCUT2D eigenvalue weighted by Crippen LogP contribution is 2.33. The zero-order valence-corrected chi connectivity index (χ0v) is 46.6. The van der Waals surface area contributed by atoms with Gasteiger partial charge in [0.15, 0.2) is 10.8 Å². The van der Waals surface area contributed by atoms with Crippen LogP contribution in [0.15, 0.2) is 89.0 Å². The summed E-state index contributed by atoms with van der Waals surface area (Å²) in [6, 6.07) is 21.1. The molecule has 0 aliphatic carbocycles. The largest absolute Gasteiger partial charge is 0.494 e. The first-order valence-corrected chi connectivity index (χ1v) is 28.0. The second-order valence-corrected chi connectivity index (χ2v) is 23.4. The highest BCUT2D eigenvalue weighted by atomic mass is 32.1. The Hall–Kier alpha value is -6.71. The molecule has 5 N–H and O–H groups in total. The number of thiazole rings is 2. The number of likely N-dealkylation sites (tertiary alicyclic amines) is 1. The van der Waals surface area contributed by atoms with Crippen molar-refractivity contribution < 1.29 is 43.0 Å². The molecule has 20 heteroatoms. The predicted octanol–water partition coefficient (Wildman–Crippen LogP) is 10.1.